The van der Waals surface area contributed by atoms with Gasteiger partial charge in [0.2, 0.25) is 0 Å². The van der Waals surface area contributed by atoms with Crippen molar-refractivity contribution in [1.29, 1.82) is 0 Å². The number of rotatable bonds is 5. The molecule has 1 atom stereocenters. The highest BCUT2D eigenvalue weighted by molar-refractivity contribution is 6.05. The van der Waals surface area contributed by atoms with E-state index in [1.54, 1.807) is 12.3 Å². The lowest BCUT2D eigenvalue weighted by Gasteiger charge is -2.15. The first kappa shape index (κ1) is 14.5. The fourth-order valence-electron chi connectivity index (χ4n) is 2.30. The summed E-state index contributed by atoms with van der Waals surface area (Å²) < 4.78 is 0. The van der Waals surface area contributed by atoms with Gasteiger partial charge in [0.25, 0.3) is 5.91 Å². The number of pyridine rings is 1. The van der Waals surface area contributed by atoms with E-state index in [0.717, 1.165) is 17.3 Å². The molecule has 0 saturated heterocycles. The van der Waals surface area contributed by atoms with Crippen molar-refractivity contribution in [3.05, 3.63) is 42.1 Å². The Bertz CT molecular complexity index is 590. The summed E-state index contributed by atoms with van der Waals surface area (Å²) in [6, 6.07) is 9.41. The monoisotopic (exact) mass is 271 g/mol. The molecule has 20 heavy (non-hydrogen) atoms. The molecule has 0 saturated carbocycles. The molecule has 2 rings (SSSR count). The minimum absolute atomic E-state index is 0.0121. The van der Waals surface area contributed by atoms with Gasteiger partial charge in [0.05, 0.1) is 11.1 Å². The highest BCUT2D eigenvalue weighted by Gasteiger charge is 2.12. The highest BCUT2D eigenvalue weighted by Crippen LogP contribution is 2.15. The number of benzene rings is 1. The summed E-state index contributed by atoms with van der Waals surface area (Å²) in [5, 5.41) is 3.86. The zero-order valence-electron chi connectivity index (χ0n) is 12.0. The predicted molar refractivity (Wildman–Crippen MR) is 81.5 cm³/mol. The van der Waals surface area contributed by atoms with Crippen molar-refractivity contribution >= 4 is 16.8 Å². The number of aromatic nitrogens is 1. The largest absolute Gasteiger partial charge is 0.350 e. The maximum atomic E-state index is 12.2. The SMILES string of the molecule is CC(C)CC(N)CNC(=O)c1cccc2cccnc12. The number of nitrogens with zero attached hydrogens (tertiary/aromatic N) is 1. The van der Waals surface area contributed by atoms with Crippen LogP contribution in [0.3, 0.4) is 0 Å². The van der Waals surface area contributed by atoms with Gasteiger partial charge in [0.15, 0.2) is 0 Å². The molecule has 0 aliphatic carbocycles. The summed E-state index contributed by atoms with van der Waals surface area (Å²) in [4.78, 5) is 16.5. The van der Waals surface area contributed by atoms with Crippen molar-refractivity contribution < 1.29 is 4.79 Å². The molecule has 0 aliphatic rings. The Hall–Kier alpha value is -1.94. The summed E-state index contributed by atoms with van der Waals surface area (Å²) in [7, 11) is 0. The molecular weight excluding hydrogens is 250 g/mol. The van der Waals surface area contributed by atoms with Crippen LogP contribution >= 0.6 is 0 Å². The molecule has 4 heteroatoms. The molecule has 2 aromatic rings. The van der Waals surface area contributed by atoms with Crippen LogP contribution in [0.2, 0.25) is 0 Å². The first-order chi connectivity index (χ1) is 9.58. The van der Waals surface area contributed by atoms with Gasteiger partial charge in [0.1, 0.15) is 0 Å². The van der Waals surface area contributed by atoms with Crippen LogP contribution in [-0.2, 0) is 0 Å². The molecule has 106 valence electrons. The third kappa shape index (κ3) is 3.54. The van der Waals surface area contributed by atoms with E-state index >= 15 is 0 Å². The summed E-state index contributed by atoms with van der Waals surface area (Å²) >= 11 is 0. The second kappa shape index (κ2) is 6.48. The second-order valence-electron chi connectivity index (χ2n) is 5.48. The maximum Gasteiger partial charge on any atom is 0.253 e. The number of hydrogen-bond donors (Lipinski definition) is 2. The molecule has 1 heterocycles. The van der Waals surface area contributed by atoms with Gasteiger partial charge in [-0.05, 0) is 24.5 Å². The highest BCUT2D eigenvalue weighted by atomic mass is 16.1. The van der Waals surface area contributed by atoms with Gasteiger partial charge in [-0.25, -0.2) is 0 Å². The van der Waals surface area contributed by atoms with E-state index in [1.165, 1.54) is 0 Å². The molecule has 0 radical (unpaired) electrons. The average Bonchev–Trinajstić information content (AvgIpc) is 2.43. The van der Waals surface area contributed by atoms with E-state index in [4.69, 9.17) is 5.73 Å². The minimum Gasteiger partial charge on any atom is -0.350 e. The van der Waals surface area contributed by atoms with Crippen LogP contribution in [0.1, 0.15) is 30.6 Å². The minimum atomic E-state index is -0.117. The molecular formula is C16H21N3O. The van der Waals surface area contributed by atoms with Crippen molar-refractivity contribution in [3.8, 4) is 0 Å². The van der Waals surface area contributed by atoms with Crippen LogP contribution in [0.5, 0.6) is 0 Å². The Morgan fingerprint density at radius 1 is 1.30 bits per heavy atom. The van der Waals surface area contributed by atoms with Crippen molar-refractivity contribution in [3.63, 3.8) is 0 Å². The molecule has 0 fully saturated rings. The third-order valence-electron chi connectivity index (χ3n) is 3.18. The number of amides is 1. The van der Waals surface area contributed by atoms with Crippen molar-refractivity contribution in [2.45, 2.75) is 26.3 Å². The van der Waals surface area contributed by atoms with Gasteiger partial charge in [0, 0.05) is 24.2 Å². The van der Waals surface area contributed by atoms with E-state index in [1.807, 2.05) is 24.3 Å². The van der Waals surface area contributed by atoms with E-state index in [-0.39, 0.29) is 11.9 Å². The summed E-state index contributed by atoms with van der Waals surface area (Å²) in [5.41, 5.74) is 7.31. The van der Waals surface area contributed by atoms with Crippen LogP contribution in [0.15, 0.2) is 36.5 Å². The Kier molecular flexibility index (Phi) is 4.69. The molecule has 1 unspecified atom stereocenters. The lowest BCUT2D eigenvalue weighted by Crippen LogP contribution is -2.38. The number of carbonyl (C=O) groups excluding carboxylic acids is 1. The molecule has 0 spiro atoms. The van der Waals surface area contributed by atoms with Crippen LogP contribution in [-0.4, -0.2) is 23.5 Å². The average molecular weight is 271 g/mol. The number of hydrogen-bond acceptors (Lipinski definition) is 3. The van der Waals surface area contributed by atoms with Crippen molar-refractivity contribution in [2.24, 2.45) is 11.7 Å². The third-order valence-corrected chi connectivity index (χ3v) is 3.18. The quantitative estimate of drug-likeness (QED) is 0.877. The lowest BCUT2D eigenvalue weighted by atomic mass is 10.0. The van der Waals surface area contributed by atoms with Gasteiger partial charge >= 0.3 is 0 Å². The van der Waals surface area contributed by atoms with Gasteiger partial charge in [-0.15, -0.1) is 0 Å². The molecule has 1 aromatic heterocycles. The van der Waals surface area contributed by atoms with Gasteiger partial charge < -0.3 is 11.1 Å². The summed E-state index contributed by atoms with van der Waals surface area (Å²) in [5.74, 6) is 0.412. The smallest absolute Gasteiger partial charge is 0.253 e. The number of fused-ring (bicyclic) bond motifs is 1. The van der Waals surface area contributed by atoms with Crippen molar-refractivity contribution in [1.82, 2.24) is 10.3 Å². The van der Waals surface area contributed by atoms with Crippen LogP contribution < -0.4 is 11.1 Å². The number of nitrogens with two attached hydrogens (primary N) is 1. The second-order valence-corrected chi connectivity index (χ2v) is 5.48. The zero-order chi connectivity index (χ0) is 14.5. The maximum absolute atomic E-state index is 12.2. The van der Waals surface area contributed by atoms with Gasteiger partial charge in [-0.3, -0.25) is 9.78 Å². The van der Waals surface area contributed by atoms with Gasteiger partial charge in [-0.2, -0.15) is 0 Å². The molecule has 4 nitrogen and oxygen atoms in total. The molecule has 3 N–H and O–H groups in total. The summed E-state index contributed by atoms with van der Waals surface area (Å²) in [6.07, 6.45) is 2.59. The van der Waals surface area contributed by atoms with Crippen LogP contribution in [0.25, 0.3) is 10.9 Å². The Labute approximate surface area is 119 Å². The first-order valence-electron chi connectivity index (χ1n) is 6.95. The number of para-hydroxylation sites is 1. The molecule has 1 amide bonds. The standard InChI is InChI=1S/C16H21N3O/c1-11(2)9-13(17)10-19-16(20)14-7-3-5-12-6-4-8-18-15(12)14/h3-8,11,13H,9-10,17H2,1-2H3,(H,19,20). The van der Waals surface area contributed by atoms with Crippen LogP contribution in [0.4, 0.5) is 0 Å². The summed E-state index contributed by atoms with van der Waals surface area (Å²) in [6.45, 7) is 4.73. The Morgan fingerprint density at radius 2 is 2.05 bits per heavy atom. The van der Waals surface area contributed by atoms with Gasteiger partial charge in [-0.1, -0.05) is 32.0 Å². The number of carbonyl (C=O) groups is 1. The fraction of sp³-hybridized carbons (Fsp3) is 0.375. The topological polar surface area (TPSA) is 68.0 Å². The van der Waals surface area contributed by atoms with E-state index in [2.05, 4.69) is 24.1 Å². The molecule has 0 aliphatic heterocycles. The fourth-order valence-corrected chi connectivity index (χ4v) is 2.30. The predicted octanol–water partition coefficient (Wildman–Crippen LogP) is 2.34. The van der Waals surface area contributed by atoms with E-state index in [0.29, 0.717) is 18.0 Å². The molecule has 0 bridgehead atoms. The lowest BCUT2D eigenvalue weighted by molar-refractivity contribution is 0.0951. The Balaban J connectivity index is 2.08. The first-order valence-corrected chi connectivity index (χ1v) is 6.95. The zero-order valence-corrected chi connectivity index (χ0v) is 12.0. The van der Waals surface area contributed by atoms with E-state index in [9.17, 15) is 4.79 Å². The van der Waals surface area contributed by atoms with Crippen LogP contribution in [0, 0.1) is 5.92 Å². The van der Waals surface area contributed by atoms with E-state index < -0.39 is 0 Å². The normalized spacial score (nSPS) is 12.6. The Morgan fingerprint density at radius 3 is 2.80 bits per heavy atom. The van der Waals surface area contributed by atoms with Crippen molar-refractivity contribution in [2.75, 3.05) is 6.54 Å². The number of nitrogens with one attached hydrogen (secondary N) is 1. The molecule has 1 aromatic carbocycles.